The van der Waals surface area contributed by atoms with Crippen molar-refractivity contribution in [3.05, 3.63) is 81.3 Å². The number of nitrogens with zero attached hydrogens (tertiary/aromatic N) is 4. The second-order valence-corrected chi connectivity index (χ2v) is 15.4. The van der Waals surface area contributed by atoms with E-state index in [4.69, 9.17) is 9.72 Å². The summed E-state index contributed by atoms with van der Waals surface area (Å²) in [5.74, 6) is 0.0645. The van der Waals surface area contributed by atoms with Crippen molar-refractivity contribution in [2.45, 2.75) is 78.3 Å². The van der Waals surface area contributed by atoms with Gasteiger partial charge in [0.05, 0.1) is 28.9 Å². The molecule has 5 rings (SSSR count). The smallest absolute Gasteiger partial charge is 0.264 e. The van der Waals surface area contributed by atoms with Gasteiger partial charge in [0, 0.05) is 22.6 Å². The molecule has 44 heavy (non-hydrogen) atoms. The van der Waals surface area contributed by atoms with Gasteiger partial charge < -0.3 is 9.64 Å². The van der Waals surface area contributed by atoms with Gasteiger partial charge in [0.15, 0.2) is 0 Å². The van der Waals surface area contributed by atoms with Crippen molar-refractivity contribution in [3.63, 3.8) is 0 Å². The molecule has 0 unspecified atom stereocenters. The van der Waals surface area contributed by atoms with Crippen molar-refractivity contribution in [3.8, 4) is 17.1 Å². The Bertz CT molecular complexity index is 1770. The molecule has 3 heterocycles. The topological polar surface area (TPSA) is 114 Å². The molecule has 0 fully saturated rings. The molecule has 0 saturated heterocycles. The molecule has 11 heteroatoms. The lowest BCUT2D eigenvalue weighted by molar-refractivity contribution is 0.0512. The molecule has 1 aliphatic heterocycles. The minimum Gasteiger partial charge on any atom is -0.475 e. The quantitative estimate of drug-likeness (QED) is 0.252. The highest BCUT2D eigenvalue weighted by Gasteiger charge is 2.32. The Kier molecular flexibility index (Phi) is 8.82. The van der Waals surface area contributed by atoms with E-state index in [1.54, 1.807) is 23.1 Å². The van der Waals surface area contributed by atoms with E-state index in [0.717, 1.165) is 27.4 Å². The van der Waals surface area contributed by atoms with Gasteiger partial charge in [-0.05, 0) is 60.9 Å². The Balaban J connectivity index is 1.67. The maximum absolute atomic E-state index is 14.3. The lowest BCUT2D eigenvalue weighted by Crippen LogP contribution is -2.45. The first-order chi connectivity index (χ1) is 20.7. The summed E-state index contributed by atoms with van der Waals surface area (Å²) in [6.45, 7) is 14.9. The average molecular weight is 634 g/mol. The fourth-order valence-corrected chi connectivity index (χ4v) is 7.30. The molecule has 1 N–H and O–H groups in total. The van der Waals surface area contributed by atoms with Gasteiger partial charge in [-0.3, -0.25) is 4.79 Å². The summed E-state index contributed by atoms with van der Waals surface area (Å²) in [7, 11) is -4.14. The second kappa shape index (κ2) is 12.3. The number of sulfonamides is 1. The molecule has 0 radical (unpaired) electrons. The summed E-state index contributed by atoms with van der Waals surface area (Å²) in [6.07, 6.45) is 0.624. The number of benzene rings is 2. The highest BCUT2D eigenvalue weighted by Crippen LogP contribution is 2.32. The van der Waals surface area contributed by atoms with E-state index in [9.17, 15) is 13.2 Å². The van der Waals surface area contributed by atoms with Crippen LogP contribution in [0.5, 0.6) is 5.88 Å². The van der Waals surface area contributed by atoms with Gasteiger partial charge in [-0.1, -0.05) is 58.9 Å². The maximum Gasteiger partial charge on any atom is 0.264 e. The number of hydrogen-bond donors (Lipinski definition) is 1. The van der Waals surface area contributed by atoms with Crippen LogP contribution in [0.1, 0.15) is 79.1 Å². The van der Waals surface area contributed by atoms with Gasteiger partial charge in [0.1, 0.15) is 11.6 Å². The van der Waals surface area contributed by atoms with Crippen LogP contribution in [0.3, 0.4) is 0 Å². The third-order valence-electron chi connectivity index (χ3n) is 7.50. The third kappa shape index (κ3) is 7.10. The van der Waals surface area contributed by atoms with E-state index in [-0.39, 0.29) is 58.7 Å². The van der Waals surface area contributed by atoms with E-state index in [2.05, 4.69) is 49.3 Å². The highest BCUT2D eigenvalue weighted by atomic mass is 32.2. The molecule has 0 saturated carbocycles. The fraction of sp³-hybridized carbons (Fsp3) is 0.394. The monoisotopic (exact) mass is 633 g/mol. The SMILES string of the molecule is Cc1cccc(C)c1-c1cc2nc(n1)NS(=O)(=O)c1cccc(c1)C(=O)N(Cc1nc(C(C)C)cs1)[C@H](CC(C)(C)C)CO2. The van der Waals surface area contributed by atoms with Crippen LogP contribution in [-0.4, -0.2) is 46.8 Å². The molecular weight excluding hydrogens is 595 g/mol. The summed E-state index contributed by atoms with van der Waals surface area (Å²) in [5.41, 5.74) is 4.46. The minimum absolute atomic E-state index is 0.0604. The number of carbonyl (C=O) groups excluding carboxylic acids is 1. The summed E-state index contributed by atoms with van der Waals surface area (Å²) in [4.78, 5) is 29.8. The van der Waals surface area contributed by atoms with Gasteiger partial charge in [-0.25, -0.2) is 23.1 Å². The molecule has 1 amide bonds. The van der Waals surface area contributed by atoms with Crippen molar-refractivity contribution >= 4 is 33.2 Å². The summed E-state index contributed by atoms with van der Waals surface area (Å²) in [5, 5.41) is 2.83. The highest BCUT2D eigenvalue weighted by molar-refractivity contribution is 7.92. The number of thiazole rings is 1. The van der Waals surface area contributed by atoms with E-state index < -0.39 is 10.0 Å². The number of amides is 1. The molecule has 1 aliphatic rings. The standard InChI is InChI=1S/C33H39N5O4S2/c1-20(2)27-19-43-29(34-27)17-38-24(16-33(5,6)7)18-42-28-15-26(30-21(3)10-8-11-22(30)4)35-32(36-28)37-44(40,41)25-13-9-12-23(14-25)31(38)39/h8-15,19-20,24H,16-18H2,1-7H3,(H,35,36,37)/t24-/m1/s1. The predicted octanol–water partition coefficient (Wildman–Crippen LogP) is 6.98. The molecular formula is C33H39N5O4S2. The largest absolute Gasteiger partial charge is 0.475 e. The van der Waals surface area contributed by atoms with Gasteiger partial charge >= 0.3 is 0 Å². The number of aromatic nitrogens is 3. The number of aryl methyl sites for hydroxylation is 2. The van der Waals surface area contributed by atoms with Crippen LogP contribution in [0.2, 0.25) is 0 Å². The Morgan fingerprint density at radius 2 is 1.75 bits per heavy atom. The van der Waals surface area contributed by atoms with Crippen LogP contribution < -0.4 is 9.46 Å². The van der Waals surface area contributed by atoms with Gasteiger partial charge in [0.2, 0.25) is 11.8 Å². The van der Waals surface area contributed by atoms with E-state index >= 15 is 0 Å². The third-order valence-corrected chi connectivity index (χ3v) is 9.67. The Labute approximate surface area is 263 Å². The molecule has 4 bridgehead atoms. The number of carbonyl (C=O) groups is 1. The van der Waals surface area contributed by atoms with Crippen LogP contribution in [-0.2, 0) is 16.6 Å². The van der Waals surface area contributed by atoms with Gasteiger partial charge in [-0.2, -0.15) is 4.98 Å². The molecule has 232 valence electrons. The predicted molar refractivity (Wildman–Crippen MR) is 174 cm³/mol. The first-order valence-electron chi connectivity index (χ1n) is 14.7. The maximum atomic E-state index is 14.3. The number of fused-ring (bicyclic) bond motifs is 4. The van der Waals surface area contributed by atoms with Gasteiger partial charge in [0.25, 0.3) is 15.9 Å². The van der Waals surface area contributed by atoms with Crippen LogP contribution in [0.15, 0.2) is 58.8 Å². The van der Waals surface area contributed by atoms with Crippen LogP contribution >= 0.6 is 11.3 Å². The minimum atomic E-state index is -4.14. The van der Waals surface area contributed by atoms with Crippen LogP contribution in [0, 0.1) is 19.3 Å². The van der Waals surface area contributed by atoms with Crippen LogP contribution in [0.25, 0.3) is 11.3 Å². The lowest BCUT2D eigenvalue weighted by Gasteiger charge is -2.35. The molecule has 0 spiro atoms. The molecule has 1 atom stereocenters. The van der Waals surface area contributed by atoms with Crippen molar-refractivity contribution in [2.24, 2.45) is 5.41 Å². The van der Waals surface area contributed by atoms with Crippen molar-refractivity contribution < 1.29 is 17.9 Å². The van der Waals surface area contributed by atoms with E-state index in [0.29, 0.717) is 12.1 Å². The summed E-state index contributed by atoms with van der Waals surface area (Å²) in [6, 6.07) is 13.4. The number of ether oxygens (including phenoxy) is 1. The Morgan fingerprint density at radius 3 is 2.41 bits per heavy atom. The molecule has 2 aromatic carbocycles. The first-order valence-corrected chi connectivity index (χ1v) is 17.0. The molecule has 2 aromatic heterocycles. The number of hydrogen-bond acceptors (Lipinski definition) is 8. The van der Waals surface area contributed by atoms with Crippen molar-refractivity contribution in [1.82, 2.24) is 19.9 Å². The van der Waals surface area contributed by atoms with Crippen molar-refractivity contribution in [2.75, 3.05) is 11.3 Å². The Morgan fingerprint density at radius 1 is 1.05 bits per heavy atom. The molecule has 0 aliphatic carbocycles. The second-order valence-electron chi connectivity index (χ2n) is 12.8. The zero-order chi connectivity index (χ0) is 31.8. The van der Waals surface area contributed by atoms with Crippen LogP contribution in [0.4, 0.5) is 5.95 Å². The zero-order valence-electron chi connectivity index (χ0n) is 26.2. The first kappa shape index (κ1) is 31.6. The number of nitrogens with one attached hydrogen (secondary N) is 1. The van der Waals surface area contributed by atoms with E-state index in [1.807, 2.05) is 37.4 Å². The fourth-order valence-electron chi connectivity index (χ4n) is 5.36. The summed E-state index contributed by atoms with van der Waals surface area (Å²) < 4.78 is 36.0. The Hall–Kier alpha value is -3.83. The number of rotatable bonds is 5. The lowest BCUT2D eigenvalue weighted by atomic mass is 9.87. The molecule has 9 nitrogen and oxygen atoms in total. The number of anilines is 1. The summed E-state index contributed by atoms with van der Waals surface area (Å²) >= 11 is 1.51. The van der Waals surface area contributed by atoms with Gasteiger partial charge in [-0.15, -0.1) is 11.3 Å². The van der Waals surface area contributed by atoms with E-state index in [1.165, 1.54) is 23.5 Å². The molecule has 4 aromatic rings. The average Bonchev–Trinajstić information content (AvgIpc) is 3.42. The van der Waals surface area contributed by atoms with Crippen molar-refractivity contribution in [1.29, 1.82) is 0 Å². The normalized spacial score (nSPS) is 16.9. The zero-order valence-corrected chi connectivity index (χ0v) is 27.8.